The molecular weight excluding hydrogens is 440 g/mol. The van der Waals surface area contributed by atoms with E-state index in [4.69, 9.17) is 0 Å². The molecule has 0 aliphatic carbocycles. The highest BCUT2D eigenvalue weighted by molar-refractivity contribution is 7.91. The SMILES string of the molecule is O=c1ccc(-c2ccc3ccccc3c2)c2n1CC1CC2CN(S(=O)(=O)c2cccs2)C1. The van der Waals surface area contributed by atoms with Crippen LogP contribution < -0.4 is 5.56 Å². The summed E-state index contributed by atoms with van der Waals surface area (Å²) >= 11 is 1.26. The molecule has 4 heterocycles. The first-order valence-electron chi connectivity index (χ1n) is 10.8. The van der Waals surface area contributed by atoms with Crippen LogP contribution in [0.5, 0.6) is 0 Å². The predicted octanol–water partition coefficient (Wildman–Crippen LogP) is 4.54. The van der Waals surface area contributed by atoms with E-state index in [1.165, 1.54) is 16.7 Å². The smallest absolute Gasteiger partial charge is 0.252 e. The molecule has 2 aliphatic heterocycles. The van der Waals surface area contributed by atoms with Crippen molar-refractivity contribution in [3.05, 3.63) is 88.2 Å². The molecule has 0 spiro atoms. The second kappa shape index (κ2) is 7.40. The Hall–Kier alpha value is -2.74. The van der Waals surface area contributed by atoms with Crippen molar-refractivity contribution in [3.8, 4) is 11.1 Å². The number of hydrogen-bond acceptors (Lipinski definition) is 4. The monoisotopic (exact) mass is 462 g/mol. The number of rotatable bonds is 3. The van der Waals surface area contributed by atoms with E-state index in [0.29, 0.717) is 23.8 Å². The lowest BCUT2D eigenvalue weighted by atomic mass is 9.81. The molecule has 2 unspecified atom stereocenters. The van der Waals surface area contributed by atoms with E-state index in [9.17, 15) is 13.2 Å². The molecule has 2 aliphatic rings. The van der Waals surface area contributed by atoms with Crippen molar-refractivity contribution in [1.29, 1.82) is 0 Å². The number of pyridine rings is 1. The maximum atomic E-state index is 13.2. The van der Waals surface area contributed by atoms with Crippen LogP contribution in [0.3, 0.4) is 0 Å². The fraction of sp³-hybridized carbons (Fsp3) is 0.240. The third-order valence-electron chi connectivity index (χ3n) is 6.71. The molecular formula is C25H22N2O3S2. The van der Waals surface area contributed by atoms with Crippen LogP contribution in [-0.2, 0) is 16.6 Å². The van der Waals surface area contributed by atoms with E-state index in [0.717, 1.165) is 28.6 Å². The number of nitrogens with zero attached hydrogens (tertiary/aromatic N) is 2. The summed E-state index contributed by atoms with van der Waals surface area (Å²) in [5.41, 5.74) is 3.04. The Morgan fingerprint density at radius 3 is 2.53 bits per heavy atom. The van der Waals surface area contributed by atoms with Crippen molar-refractivity contribution in [3.63, 3.8) is 0 Å². The molecule has 162 valence electrons. The van der Waals surface area contributed by atoms with Gasteiger partial charge in [0, 0.05) is 42.9 Å². The molecule has 0 amide bonds. The number of hydrogen-bond donors (Lipinski definition) is 0. The summed E-state index contributed by atoms with van der Waals surface area (Å²) in [7, 11) is -3.52. The highest BCUT2D eigenvalue weighted by Gasteiger charge is 2.40. The summed E-state index contributed by atoms with van der Waals surface area (Å²) in [6, 6.07) is 21.6. The van der Waals surface area contributed by atoms with Crippen molar-refractivity contribution >= 4 is 32.1 Å². The summed E-state index contributed by atoms with van der Waals surface area (Å²) in [5.74, 6) is 0.133. The molecule has 2 aromatic heterocycles. The maximum Gasteiger partial charge on any atom is 0.252 e. The van der Waals surface area contributed by atoms with E-state index < -0.39 is 10.0 Å². The highest BCUT2D eigenvalue weighted by Crippen LogP contribution is 2.41. The van der Waals surface area contributed by atoms with Gasteiger partial charge < -0.3 is 4.57 Å². The van der Waals surface area contributed by atoms with Crippen molar-refractivity contribution < 1.29 is 8.42 Å². The van der Waals surface area contributed by atoms with Gasteiger partial charge in [-0.3, -0.25) is 4.79 Å². The minimum absolute atomic E-state index is 0.00574. The lowest BCUT2D eigenvalue weighted by Gasteiger charge is -2.42. The van der Waals surface area contributed by atoms with Gasteiger partial charge in [-0.2, -0.15) is 4.31 Å². The molecule has 32 heavy (non-hydrogen) atoms. The standard InChI is InChI=1S/C25H22N2O3S2/c28-23-10-9-22(20-8-7-18-4-1-2-5-19(18)13-20)25-21-12-17(15-27(23)25)14-26(16-21)32(29,30)24-6-3-11-31-24/h1-11,13,17,21H,12,14-16H2. The molecule has 4 aromatic rings. The average Bonchev–Trinajstić information content (AvgIpc) is 3.35. The maximum absolute atomic E-state index is 13.2. The van der Waals surface area contributed by atoms with Crippen LogP contribution in [0.15, 0.2) is 81.1 Å². The summed E-state index contributed by atoms with van der Waals surface area (Å²) in [4.78, 5) is 12.8. The number of thiophene rings is 1. The Morgan fingerprint density at radius 1 is 0.875 bits per heavy atom. The zero-order chi connectivity index (χ0) is 21.9. The van der Waals surface area contributed by atoms with Crippen LogP contribution >= 0.6 is 11.3 Å². The third-order valence-corrected chi connectivity index (χ3v) is 9.91. The van der Waals surface area contributed by atoms with Gasteiger partial charge in [0.05, 0.1) is 0 Å². The van der Waals surface area contributed by atoms with Crippen LogP contribution in [0, 0.1) is 5.92 Å². The van der Waals surface area contributed by atoms with Crippen molar-refractivity contribution in [1.82, 2.24) is 8.87 Å². The molecule has 1 fully saturated rings. The van der Waals surface area contributed by atoms with E-state index >= 15 is 0 Å². The van der Waals surface area contributed by atoms with Crippen LogP contribution in [-0.4, -0.2) is 30.4 Å². The molecule has 0 N–H and O–H groups in total. The quantitative estimate of drug-likeness (QED) is 0.449. The first-order chi connectivity index (χ1) is 15.5. The molecule has 1 saturated heterocycles. The summed E-state index contributed by atoms with van der Waals surface area (Å²) in [6.07, 6.45) is 0.903. The second-order valence-corrected chi connectivity index (χ2v) is 11.8. The summed E-state index contributed by atoms with van der Waals surface area (Å²) in [6.45, 7) is 1.42. The van der Waals surface area contributed by atoms with E-state index in [2.05, 4.69) is 30.3 Å². The number of benzene rings is 2. The van der Waals surface area contributed by atoms with Crippen LogP contribution in [0.1, 0.15) is 18.0 Å². The second-order valence-electron chi connectivity index (χ2n) is 8.70. The van der Waals surface area contributed by atoms with Gasteiger partial charge in [-0.05, 0) is 52.3 Å². The Kier molecular flexibility index (Phi) is 4.61. The van der Waals surface area contributed by atoms with Crippen molar-refractivity contribution in [2.45, 2.75) is 23.1 Å². The van der Waals surface area contributed by atoms with Gasteiger partial charge >= 0.3 is 0 Å². The molecule has 2 bridgehead atoms. The van der Waals surface area contributed by atoms with Gasteiger partial charge in [0.25, 0.3) is 15.6 Å². The number of sulfonamides is 1. The van der Waals surface area contributed by atoms with Crippen LogP contribution in [0.25, 0.3) is 21.9 Å². The predicted molar refractivity (Wildman–Crippen MR) is 128 cm³/mol. The zero-order valence-corrected chi connectivity index (χ0v) is 19.0. The van der Waals surface area contributed by atoms with Gasteiger partial charge in [-0.25, -0.2) is 8.42 Å². The molecule has 7 heteroatoms. The fourth-order valence-electron chi connectivity index (χ4n) is 5.31. The Morgan fingerprint density at radius 2 is 1.72 bits per heavy atom. The molecule has 2 aromatic carbocycles. The Labute approximate surface area is 190 Å². The Balaban J connectivity index is 1.46. The van der Waals surface area contributed by atoms with Crippen molar-refractivity contribution in [2.75, 3.05) is 13.1 Å². The van der Waals surface area contributed by atoms with E-state index in [1.807, 2.05) is 22.8 Å². The van der Waals surface area contributed by atoms with Gasteiger partial charge in [-0.1, -0.05) is 42.5 Å². The normalized spacial score (nSPS) is 20.9. The van der Waals surface area contributed by atoms with Gasteiger partial charge in [0.2, 0.25) is 0 Å². The Bertz CT molecular complexity index is 1490. The number of aromatic nitrogens is 1. The van der Waals surface area contributed by atoms with Gasteiger partial charge in [0.15, 0.2) is 0 Å². The fourth-order valence-corrected chi connectivity index (χ4v) is 8.01. The largest absolute Gasteiger partial charge is 0.311 e. The topological polar surface area (TPSA) is 59.4 Å². The minimum atomic E-state index is -3.52. The lowest BCUT2D eigenvalue weighted by molar-refractivity contribution is 0.187. The first-order valence-corrected chi connectivity index (χ1v) is 13.1. The number of piperidine rings is 1. The zero-order valence-electron chi connectivity index (χ0n) is 17.3. The molecule has 0 radical (unpaired) electrons. The first kappa shape index (κ1) is 19.9. The highest BCUT2D eigenvalue weighted by atomic mass is 32.2. The summed E-state index contributed by atoms with van der Waals surface area (Å²) < 4.78 is 30.4. The minimum Gasteiger partial charge on any atom is -0.311 e. The molecule has 0 saturated carbocycles. The van der Waals surface area contributed by atoms with Crippen LogP contribution in [0.4, 0.5) is 0 Å². The third kappa shape index (κ3) is 3.15. The van der Waals surface area contributed by atoms with Gasteiger partial charge in [0.1, 0.15) is 4.21 Å². The van der Waals surface area contributed by atoms with Crippen molar-refractivity contribution in [2.24, 2.45) is 5.92 Å². The number of fused-ring (bicyclic) bond motifs is 5. The van der Waals surface area contributed by atoms with Gasteiger partial charge in [-0.15, -0.1) is 11.3 Å². The molecule has 2 atom stereocenters. The molecule has 5 nitrogen and oxygen atoms in total. The van der Waals surface area contributed by atoms with E-state index in [1.54, 1.807) is 27.9 Å². The van der Waals surface area contributed by atoms with E-state index in [-0.39, 0.29) is 17.4 Å². The lowest BCUT2D eigenvalue weighted by Crippen LogP contribution is -2.49. The van der Waals surface area contributed by atoms with Crippen LogP contribution in [0.2, 0.25) is 0 Å². The molecule has 6 rings (SSSR count). The summed E-state index contributed by atoms with van der Waals surface area (Å²) in [5, 5.41) is 4.11. The average molecular weight is 463 g/mol.